The fourth-order valence-electron chi connectivity index (χ4n) is 6.33. The Morgan fingerprint density at radius 2 is 0.905 bits per heavy atom. The highest BCUT2D eigenvalue weighted by Gasteiger charge is 2.29. The Kier molecular flexibility index (Phi) is 6.86. The average molecular weight is 568 g/mol. The molecular weight excluding hydrogens is 533 g/mol. The molecule has 3 nitrogen and oxygen atoms in total. The molecule has 2 atom stereocenters. The first-order chi connectivity index (χ1) is 20.5. The van der Waals surface area contributed by atoms with E-state index in [9.17, 15) is 0 Å². The SMILES string of the molecule is Cc1cc2ccccc2c2c1op(N([C@@H](C)c1ccccc1)[C@@H](C)c1ccccc1)oc1c(C)cc3ccccc3c12. The molecule has 6 aromatic carbocycles. The molecule has 0 bridgehead atoms. The van der Waals surface area contributed by atoms with Gasteiger partial charge >= 0.3 is 8.16 Å². The molecule has 1 aromatic heterocycles. The normalized spacial score (nSPS) is 13.3. The minimum atomic E-state index is -1.57. The highest BCUT2D eigenvalue weighted by atomic mass is 31.1. The monoisotopic (exact) mass is 567 g/mol. The molecule has 0 aliphatic carbocycles. The van der Waals surface area contributed by atoms with Crippen molar-refractivity contribution in [1.29, 1.82) is 0 Å². The van der Waals surface area contributed by atoms with Gasteiger partial charge in [0.2, 0.25) is 0 Å². The number of hydrogen-bond donors (Lipinski definition) is 0. The van der Waals surface area contributed by atoms with Crippen LogP contribution in [0.3, 0.4) is 0 Å². The van der Waals surface area contributed by atoms with E-state index in [1.807, 2.05) is 0 Å². The third-order valence-corrected chi connectivity index (χ3v) is 10.3. The molecule has 7 rings (SSSR count). The van der Waals surface area contributed by atoms with Crippen molar-refractivity contribution in [2.75, 3.05) is 4.67 Å². The van der Waals surface area contributed by atoms with Gasteiger partial charge in [-0.3, -0.25) is 0 Å². The second-order valence-electron chi connectivity index (χ2n) is 11.2. The number of nitrogens with zero attached hydrogens (tertiary/aromatic N) is 1. The second kappa shape index (κ2) is 10.8. The molecule has 0 saturated heterocycles. The van der Waals surface area contributed by atoms with Crippen LogP contribution >= 0.6 is 8.16 Å². The summed E-state index contributed by atoms with van der Waals surface area (Å²) in [6.07, 6.45) is 0. The maximum Gasteiger partial charge on any atom is 0.310 e. The number of aryl methyl sites for hydroxylation is 2. The molecule has 208 valence electrons. The Balaban J connectivity index is 1.65. The van der Waals surface area contributed by atoms with Crippen LogP contribution in [0, 0.1) is 13.8 Å². The highest BCUT2D eigenvalue weighted by molar-refractivity contribution is 7.39. The molecular formula is C38H34NO2P. The minimum Gasteiger partial charge on any atom is -0.407 e. The van der Waals surface area contributed by atoms with E-state index in [2.05, 4.69) is 154 Å². The van der Waals surface area contributed by atoms with Crippen molar-refractivity contribution in [3.8, 4) is 0 Å². The van der Waals surface area contributed by atoms with E-state index >= 15 is 0 Å². The van der Waals surface area contributed by atoms with Crippen LogP contribution in [-0.2, 0) is 0 Å². The lowest BCUT2D eigenvalue weighted by Crippen LogP contribution is -2.27. The Labute approximate surface area is 247 Å². The maximum atomic E-state index is 7.20. The van der Waals surface area contributed by atoms with Crippen LogP contribution in [0.5, 0.6) is 0 Å². The van der Waals surface area contributed by atoms with Crippen molar-refractivity contribution < 1.29 is 8.39 Å². The molecule has 0 unspecified atom stereocenters. The van der Waals surface area contributed by atoms with E-state index in [0.717, 1.165) is 33.1 Å². The summed E-state index contributed by atoms with van der Waals surface area (Å²) >= 11 is 0. The summed E-state index contributed by atoms with van der Waals surface area (Å²) in [6.45, 7) is 8.84. The van der Waals surface area contributed by atoms with Crippen LogP contribution in [0.4, 0.5) is 0 Å². The zero-order valence-electron chi connectivity index (χ0n) is 24.4. The smallest absolute Gasteiger partial charge is 0.310 e. The third-order valence-electron chi connectivity index (χ3n) is 8.51. The van der Waals surface area contributed by atoms with Crippen LogP contribution in [0.15, 0.2) is 130 Å². The molecule has 0 radical (unpaired) electrons. The predicted molar refractivity (Wildman–Crippen MR) is 179 cm³/mol. The number of fused-ring (bicyclic) bond motifs is 7. The predicted octanol–water partition coefficient (Wildman–Crippen LogP) is 11.7. The molecule has 0 saturated carbocycles. The number of benzene rings is 6. The van der Waals surface area contributed by atoms with Gasteiger partial charge in [-0.15, -0.1) is 0 Å². The Bertz CT molecular complexity index is 1950. The van der Waals surface area contributed by atoms with Gasteiger partial charge < -0.3 is 8.39 Å². The molecule has 4 heteroatoms. The molecule has 7 aromatic rings. The quantitative estimate of drug-likeness (QED) is 0.207. The van der Waals surface area contributed by atoms with E-state index in [4.69, 9.17) is 8.39 Å². The van der Waals surface area contributed by atoms with Gasteiger partial charge in [-0.05, 0) is 83.6 Å². The molecule has 0 aliphatic rings. The first-order valence-corrected chi connectivity index (χ1v) is 15.7. The first kappa shape index (κ1) is 26.6. The zero-order valence-corrected chi connectivity index (χ0v) is 25.3. The highest BCUT2D eigenvalue weighted by Crippen LogP contribution is 2.49. The van der Waals surface area contributed by atoms with Crippen molar-refractivity contribution >= 4 is 51.6 Å². The molecule has 0 aliphatic heterocycles. The van der Waals surface area contributed by atoms with Gasteiger partial charge in [-0.1, -0.05) is 109 Å². The lowest BCUT2D eigenvalue weighted by Gasteiger charge is -2.31. The van der Waals surface area contributed by atoms with Crippen LogP contribution in [0.25, 0.3) is 43.5 Å². The molecule has 0 spiro atoms. The summed E-state index contributed by atoms with van der Waals surface area (Å²) in [5.74, 6) is 0. The summed E-state index contributed by atoms with van der Waals surface area (Å²) in [6, 6.07) is 43.2. The van der Waals surface area contributed by atoms with Gasteiger partial charge in [0.1, 0.15) is 11.2 Å². The van der Waals surface area contributed by atoms with E-state index in [1.165, 1.54) is 32.7 Å². The lowest BCUT2D eigenvalue weighted by atomic mass is 9.95. The first-order valence-electron chi connectivity index (χ1n) is 14.6. The van der Waals surface area contributed by atoms with Crippen molar-refractivity contribution in [2.45, 2.75) is 39.8 Å². The Hall–Kier alpha value is -4.30. The third kappa shape index (κ3) is 4.50. The second-order valence-corrected chi connectivity index (χ2v) is 12.5. The summed E-state index contributed by atoms with van der Waals surface area (Å²) in [7, 11) is -1.57. The fraction of sp³-hybridized carbons (Fsp3) is 0.158. The molecule has 1 heterocycles. The molecule has 42 heavy (non-hydrogen) atoms. The van der Waals surface area contributed by atoms with Crippen molar-refractivity contribution in [2.24, 2.45) is 0 Å². The van der Waals surface area contributed by atoms with Gasteiger partial charge in [0, 0.05) is 22.9 Å². The summed E-state index contributed by atoms with van der Waals surface area (Å²) in [4.78, 5) is 0. The largest absolute Gasteiger partial charge is 0.407 e. The standard InChI is InChI=1S/C38H34NO2P/c1-25-23-31-19-11-13-21-33(31)35-36-34-22-14-12-20-32(34)24-26(2)38(36)41-42(40-37(25)35)39(27(3)29-15-7-5-8-16-29)28(4)30-17-9-6-10-18-30/h5-24,27-28H,1-4H3/t27-,28-/m0/s1. The molecule has 0 fully saturated rings. The summed E-state index contributed by atoms with van der Waals surface area (Å²) < 4.78 is 16.8. The van der Waals surface area contributed by atoms with Gasteiger partial charge in [0.25, 0.3) is 0 Å². The van der Waals surface area contributed by atoms with Gasteiger partial charge in [0.05, 0.1) is 0 Å². The molecule has 0 N–H and O–H groups in total. The summed E-state index contributed by atoms with van der Waals surface area (Å²) in [5.41, 5.74) is 6.48. The zero-order chi connectivity index (χ0) is 28.8. The van der Waals surface area contributed by atoms with Crippen LogP contribution < -0.4 is 4.67 Å². The van der Waals surface area contributed by atoms with Crippen LogP contribution in [-0.4, -0.2) is 0 Å². The van der Waals surface area contributed by atoms with Crippen molar-refractivity contribution in [1.82, 2.24) is 0 Å². The van der Waals surface area contributed by atoms with Gasteiger partial charge in [-0.2, -0.15) is 4.67 Å². The van der Waals surface area contributed by atoms with Crippen LogP contribution in [0.2, 0.25) is 0 Å². The minimum absolute atomic E-state index is 0.0408. The van der Waals surface area contributed by atoms with Crippen molar-refractivity contribution in [3.05, 3.63) is 144 Å². The fourth-order valence-corrected chi connectivity index (χ4v) is 8.17. The Morgan fingerprint density at radius 1 is 0.524 bits per heavy atom. The average Bonchev–Trinajstić information content (AvgIpc) is 3.21. The molecule has 0 amide bonds. The summed E-state index contributed by atoms with van der Waals surface area (Å²) in [5, 5.41) is 6.98. The Morgan fingerprint density at radius 3 is 1.33 bits per heavy atom. The van der Waals surface area contributed by atoms with E-state index in [-0.39, 0.29) is 12.1 Å². The van der Waals surface area contributed by atoms with E-state index in [0.29, 0.717) is 0 Å². The lowest BCUT2D eigenvalue weighted by molar-refractivity contribution is 0.557. The van der Waals surface area contributed by atoms with Gasteiger partial charge in [0.15, 0.2) is 0 Å². The van der Waals surface area contributed by atoms with Gasteiger partial charge in [-0.25, -0.2) is 0 Å². The van der Waals surface area contributed by atoms with Crippen molar-refractivity contribution in [3.63, 3.8) is 0 Å². The van der Waals surface area contributed by atoms with E-state index < -0.39 is 8.16 Å². The topological polar surface area (TPSA) is 29.5 Å². The maximum absolute atomic E-state index is 7.20. The number of hydrogen-bond acceptors (Lipinski definition) is 3. The van der Waals surface area contributed by atoms with Crippen LogP contribution in [0.1, 0.15) is 48.2 Å². The number of rotatable bonds is 5. The van der Waals surface area contributed by atoms with E-state index in [1.54, 1.807) is 0 Å².